The van der Waals surface area contributed by atoms with Gasteiger partial charge in [-0.05, 0) is 41.8 Å². The fourth-order valence-electron chi connectivity index (χ4n) is 2.60. The van der Waals surface area contributed by atoms with E-state index in [1.807, 2.05) is 24.3 Å². The summed E-state index contributed by atoms with van der Waals surface area (Å²) in [5.41, 5.74) is 1.47. The lowest BCUT2D eigenvalue weighted by Gasteiger charge is -2.11. The molecular weight excluding hydrogens is 380 g/mol. The predicted octanol–water partition coefficient (Wildman–Crippen LogP) is 4.90. The molecule has 0 unspecified atom stereocenters. The highest BCUT2D eigenvalue weighted by atomic mass is 19.3. The van der Waals surface area contributed by atoms with E-state index in [4.69, 9.17) is 4.74 Å². The molecule has 0 atom stereocenters. The molecular formula is C21H21F2N3O3. The van der Waals surface area contributed by atoms with Gasteiger partial charge in [0.1, 0.15) is 11.5 Å². The monoisotopic (exact) mass is 401 g/mol. The van der Waals surface area contributed by atoms with E-state index < -0.39 is 12.5 Å². The van der Waals surface area contributed by atoms with Gasteiger partial charge < -0.3 is 14.8 Å². The molecule has 0 aliphatic carbocycles. The maximum atomic E-state index is 12.5. The molecule has 1 amide bonds. The number of amides is 1. The quantitative estimate of drug-likeness (QED) is 0.583. The number of nitrogens with one attached hydrogen (secondary N) is 1. The van der Waals surface area contributed by atoms with Crippen molar-refractivity contribution in [3.8, 4) is 11.5 Å². The average molecular weight is 401 g/mol. The lowest BCUT2D eigenvalue weighted by Crippen LogP contribution is -2.15. The van der Waals surface area contributed by atoms with E-state index in [1.54, 1.807) is 12.3 Å². The van der Waals surface area contributed by atoms with Gasteiger partial charge in [0.05, 0.1) is 5.69 Å². The van der Waals surface area contributed by atoms with Crippen LogP contribution in [0.15, 0.2) is 60.8 Å². The fourth-order valence-corrected chi connectivity index (χ4v) is 2.60. The minimum Gasteiger partial charge on any atom is -0.471 e. The topological polar surface area (TPSA) is 65.4 Å². The number of benzene rings is 2. The number of nitrogens with zero attached hydrogens (tertiary/aromatic N) is 2. The van der Waals surface area contributed by atoms with Crippen molar-refractivity contribution in [2.45, 2.75) is 33.1 Å². The Hall–Kier alpha value is -3.42. The van der Waals surface area contributed by atoms with E-state index in [1.165, 1.54) is 34.5 Å². The van der Waals surface area contributed by atoms with Crippen LogP contribution in [0.2, 0.25) is 0 Å². The smallest absolute Gasteiger partial charge is 0.387 e. The van der Waals surface area contributed by atoms with Crippen LogP contribution in [0.25, 0.3) is 0 Å². The zero-order chi connectivity index (χ0) is 20.8. The number of hydrogen-bond donors (Lipinski definition) is 1. The number of alkyl halides is 2. The molecule has 0 aliphatic heterocycles. The first kappa shape index (κ1) is 20.3. The fraction of sp³-hybridized carbons (Fsp3) is 0.238. The van der Waals surface area contributed by atoms with Gasteiger partial charge in [0, 0.05) is 6.20 Å². The average Bonchev–Trinajstić information content (AvgIpc) is 3.17. The molecule has 6 nitrogen and oxygen atoms in total. The highest BCUT2D eigenvalue weighted by Crippen LogP contribution is 2.26. The van der Waals surface area contributed by atoms with Gasteiger partial charge >= 0.3 is 6.61 Å². The number of aromatic nitrogens is 2. The number of hydrogen-bond acceptors (Lipinski definition) is 4. The molecule has 0 aliphatic rings. The number of para-hydroxylation sites is 2. The third-order valence-corrected chi connectivity index (χ3v) is 4.13. The lowest BCUT2D eigenvalue weighted by molar-refractivity contribution is -0.0493. The molecule has 2 aromatic carbocycles. The Morgan fingerprint density at radius 1 is 1.10 bits per heavy atom. The van der Waals surface area contributed by atoms with Crippen molar-refractivity contribution in [1.82, 2.24) is 9.78 Å². The lowest BCUT2D eigenvalue weighted by atomic mass is 10.0. The third-order valence-electron chi connectivity index (χ3n) is 4.13. The van der Waals surface area contributed by atoms with Crippen molar-refractivity contribution in [3.05, 3.63) is 72.1 Å². The van der Waals surface area contributed by atoms with Crippen molar-refractivity contribution in [2.75, 3.05) is 5.32 Å². The van der Waals surface area contributed by atoms with Crippen LogP contribution in [0.5, 0.6) is 11.5 Å². The SMILES string of the molecule is CC(C)c1ccc(OCn2ccc(C(=O)Nc3ccccc3OC(F)F)n2)cc1. The Bertz CT molecular complexity index is 956. The summed E-state index contributed by atoms with van der Waals surface area (Å²) in [5.74, 6) is 0.459. The second kappa shape index (κ2) is 9.18. The zero-order valence-corrected chi connectivity index (χ0v) is 16.0. The van der Waals surface area contributed by atoms with E-state index in [0.29, 0.717) is 11.7 Å². The van der Waals surface area contributed by atoms with Gasteiger partial charge in [-0.1, -0.05) is 38.1 Å². The van der Waals surface area contributed by atoms with Crippen LogP contribution in [0.3, 0.4) is 0 Å². The largest absolute Gasteiger partial charge is 0.471 e. The van der Waals surface area contributed by atoms with Crippen LogP contribution in [0.1, 0.15) is 35.8 Å². The van der Waals surface area contributed by atoms with Crippen molar-refractivity contribution >= 4 is 11.6 Å². The van der Waals surface area contributed by atoms with Crippen LogP contribution in [0.4, 0.5) is 14.5 Å². The summed E-state index contributed by atoms with van der Waals surface area (Å²) >= 11 is 0. The molecule has 0 bridgehead atoms. The summed E-state index contributed by atoms with van der Waals surface area (Å²) in [6, 6.07) is 15.2. The molecule has 0 saturated carbocycles. The first-order valence-corrected chi connectivity index (χ1v) is 9.04. The molecule has 1 N–H and O–H groups in total. The van der Waals surface area contributed by atoms with Crippen molar-refractivity contribution < 1.29 is 23.0 Å². The van der Waals surface area contributed by atoms with Crippen LogP contribution in [-0.4, -0.2) is 22.3 Å². The normalized spacial score (nSPS) is 11.0. The van der Waals surface area contributed by atoms with Gasteiger partial charge in [-0.2, -0.15) is 13.9 Å². The maximum absolute atomic E-state index is 12.5. The van der Waals surface area contributed by atoms with Crippen LogP contribution in [-0.2, 0) is 6.73 Å². The van der Waals surface area contributed by atoms with Gasteiger partial charge in [0.15, 0.2) is 12.4 Å². The summed E-state index contributed by atoms with van der Waals surface area (Å²) < 4.78 is 36.5. The molecule has 8 heteroatoms. The highest BCUT2D eigenvalue weighted by molar-refractivity contribution is 6.03. The second-order valence-corrected chi connectivity index (χ2v) is 6.57. The molecule has 0 radical (unpaired) electrons. The van der Waals surface area contributed by atoms with Gasteiger partial charge in [-0.25, -0.2) is 4.68 Å². The molecule has 1 heterocycles. The van der Waals surface area contributed by atoms with E-state index in [-0.39, 0.29) is 23.9 Å². The number of halogens is 2. The maximum Gasteiger partial charge on any atom is 0.387 e. The first-order valence-electron chi connectivity index (χ1n) is 9.04. The van der Waals surface area contributed by atoms with Gasteiger partial charge in [0.2, 0.25) is 0 Å². The highest BCUT2D eigenvalue weighted by Gasteiger charge is 2.14. The number of carbonyl (C=O) groups excluding carboxylic acids is 1. The number of ether oxygens (including phenoxy) is 2. The summed E-state index contributed by atoms with van der Waals surface area (Å²) in [5, 5.41) is 6.67. The van der Waals surface area contributed by atoms with Crippen molar-refractivity contribution in [2.24, 2.45) is 0 Å². The van der Waals surface area contributed by atoms with Gasteiger partial charge in [0.25, 0.3) is 5.91 Å². The van der Waals surface area contributed by atoms with Crippen molar-refractivity contribution in [3.63, 3.8) is 0 Å². The van der Waals surface area contributed by atoms with Gasteiger partial charge in [-0.15, -0.1) is 0 Å². The molecule has 1 aromatic heterocycles. The minimum atomic E-state index is -2.99. The first-order chi connectivity index (χ1) is 13.9. The second-order valence-electron chi connectivity index (χ2n) is 6.57. The van der Waals surface area contributed by atoms with Crippen LogP contribution >= 0.6 is 0 Å². The number of carbonyl (C=O) groups is 1. The molecule has 29 heavy (non-hydrogen) atoms. The number of anilines is 1. The summed E-state index contributed by atoms with van der Waals surface area (Å²) in [7, 11) is 0. The Balaban J connectivity index is 1.60. The van der Waals surface area contributed by atoms with E-state index in [2.05, 4.69) is 29.0 Å². The molecule has 3 rings (SSSR count). The Labute approximate surface area is 167 Å². The summed E-state index contributed by atoms with van der Waals surface area (Å²) in [6.45, 7) is 1.37. The summed E-state index contributed by atoms with van der Waals surface area (Å²) in [6.07, 6.45) is 1.60. The molecule has 0 fully saturated rings. The Morgan fingerprint density at radius 3 is 2.52 bits per heavy atom. The van der Waals surface area contributed by atoms with Gasteiger partial charge in [-0.3, -0.25) is 4.79 Å². The predicted molar refractivity (Wildman–Crippen MR) is 104 cm³/mol. The van der Waals surface area contributed by atoms with Crippen LogP contribution in [0, 0.1) is 0 Å². The zero-order valence-electron chi connectivity index (χ0n) is 16.0. The van der Waals surface area contributed by atoms with E-state index in [0.717, 1.165) is 0 Å². The molecule has 3 aromatic rings. The molecule has 0 spiro atoms. The van der Waals surface area contributed by atoms with E-state index >= 15 is 0 Å². The molecule has 152 valence electrons. The Morgan fingerprint density at radius 2 is 1.83 bits per heavy atom. The molecule has 0 saturated heterocycles. The number of rotatable bonds is 8. The standard InChI is InChI=1S/C21H21F2N3O3/c1-14(2)15-7-9-16(10-8-15)28-13-26-12-11-18(25-26)20(27)24-17-5-3-4-6-19(17)29-21(22)23/h3-12,14,21H,13H2,1-2H3,(H,24,27). The van der Waals surface area contributed by atoms with Crippen molar-refractivity contribution in [1.29, 1.82) is 0 Å². The minimum absolute atomic E-state index is 0.121. The third kappa shape index (κ3) is 5.54. The van der Waals surface area contributed by atoms with E-state index in [9.17, 15) is 13.6 Å². The Kier molecular flexibility index (Phi) is 6.43. The summed E-state index contributed by atoms with van der Waals surface area (Å²) in [4.78, 5) is 12.4. The van der Waals surface area contributed by atoms with Crippen LogP contribution < -0.4 is 14.8 Å².